The van der Waals surface area contributed by atoms with Crippen LogP contribution in [0.4, 0.5) is 0 Å². The van der Waals surface area contributed by atoms with Crippen molar-refractivity contribution >= 4 is 16.1 Å². The molecule has 0 spiro atoms. The zero-order valence-electron chi connectivity index (χ0n) is 17.3. The Morgan fingerprint density at radius 1 is 0.455 bits per heavy atom. The van der Waals surface area contributed by atoms with Gasteiger partial charge in [0, 0.05) is 13.1 Å². The predicted octanol–water partition coefficient (Wildman–Crippen LogP) is 6.15. The molecule has 0 unspecified atom stereocenters. The van der Waals surface area contributed by atoms with Crippen LogP contribution in [0.25, 0.3) is 0 Å². The highest BCUT2D eigenvalue weighted by atomic mass is 31.1. The van der Waals surface area contributed by atoms with Gasteiger partial charge in [-0.2, -0.15) is 0 Å². The van der Waals surface area contributed by atoms with E-state index in [-0.39, 0.29) is 16.1 Å². The summed E-state index contributed by atoms with van der Waals surface area (Å²) in [6.07, 6.45) is 0. The molecule has 0 aliphatic heterocycles. The molecule has 0 rings (SSSR count). The van der Waals surface area contributed by atoms with Crippen molar-refractivity contribution in [3.05, 3.63) is 0 Å². The van der Waals surface area contributed by atoms with Crippen molar-refractivity contribution < 1.29 is 0 Å². The van der Waals surface area contributed by atoms with Gasteiger partial charge in [0.1, 0.15) is 0 Å². The molecule has 0 bridgehead atoms. The minimum absolute atomic E-state index is 0.213. The third-order valence-corrected chi connectivity index (χ3v) is 9.79. The molecule has 0 radical (unpaired) electrons. The van der Waals surface area contributed by atoms with Crippen molar-refractivity contribution in [2.24, 2.45) is 0 Å². The van der Waals surface area contributed by atoms with Gasteiger partial charge in [0.2, 0.25) is 0 Å². The van der Waals surface area contributed by atoms with Gasteiger partial charge in [-0.15, -0.1) is 0 Å². The van der Waals surface area contributed by atoms with E-state index in [9.17, 15) is 0 Å². The second-order valence-electron chi connectivity index (χ2n) is 10.2. The van der Waals surface area contributed by atoms with Gasteiger partial charge in [0.05, 0.1) is 0 Å². The Bertz CT molecular complexity index is 265. The van der Waals surface area contributed by atoms with Gasteiger partial charge in [-0.05, 0) is 36.8 Å². The summed E-state index contributed by atoms with van der Waals surface area (Å²) < 4.78 is 0. The van der Waals surface area contributed by atoms with Crippen molar-refractivity contribution in [2.75, 3.05) is 13.1 Å². The lowest BCUT2D eigenvalue weighted by Crippen LogP contribution is -2.38. The zero-order chi connectivity index (χ0) is 18.0. The van der Waals surface area contributed by atoms with Crippen LogP contribution in [-0.2, 0) is 0 Å². The quantitative estimate of drug-likeness (QED) is 0.460. The summed E-state index contributed by atoms with van der Waals surface area (Å²) in [5, 5.41) is 9.10. The van der Waals surface area contributed by atoms with Crippen LogP contribution in [0.3, 0.4) is 0 Å². The molecule has 0 amide bonds. The summed E-state index contributed by atoms with van der Waals surface area (Å²) in [5.41, 5.74) is 0. The predicted molar refractivity (Wildman–Crippen MR) is 109 cm³/mol. The molecule has 0 aromatic carbocycles. The standard InChI is InChI=1S/C18H42N2P2/c1-15(2,3)21(16(4,5)6)19-13-14-20-22(17(7,8)9)18(10,11)12/h19-20H,13-14H2,1-12H3. The molecule has 0 aromatic heterocycles. The Balaban J connectivity index is 4.63. The lowest BCUT2D eigenvalue weighted by atomic mass is 10.2. The lowest BCUT2D eigenvalue weighted by Gasteiger charge is -2.43. The fraction of sp³-hybridized carbons (Fsp3) is 1.00. The highest BCUT2D eigenvalue weighted by Gasteiger charge is 2.35. The average molecular weight is 348 g/mol. The third kappa shape index (κ3) is 8.05. The maximum absolute atomic E-state index is 3.87. The van der Waals surface area contributed by atoms with Crippen molar-refractivity contribution in [3.8, 4) is 0 Å². The SMILES string of the molecule is CC(C)(C)P(NCCNP(C(C)(C)C)C(C)(C)C)C(C)(C)C. The normalized spacial score (nSPS) is 15.0. The Morgan fingerprint density at radius 3 is 0.773 bits per heavy atom. The first-order valence-electron chi connectivity index (χ1n) is 8.55. The summed E-state index contributed by atoms with van der Waals surface area (Å²) in [6, 6.07) is 0. The summed E-state index contributed by atoms with van der Waals surface area (Å²) in [6.45, 7) is 30.5. The second-order valence-corrected chi connectivity index (χ2v) is 17.5. The van der Waals surface area contributed by atoms with Crippen molar-refractivity contribution in [1.29, 1.82) is 0 Å². The molecular weight excluding hydrogens is 306 g/mol. The number of hydrogen-bond donors (Lipinski definition) is 2. The highest BCUT2D eigenvalue weighted by Crippen LogP contribution is 2.57. The summed E-state index contributed by atoms with van der Waals surface area (Å²) >= 11 is 0. The molecule has 0 atom stereocenters. The number of hydrogen-bond acceptors (Lipinski definition) is 2. The second kappa shape index (κ2) is 7.77. The smallest absolute Gasteiger partial charge is 0.0119 e. The van der Waals surface area contributed by atoms with E-state index in [0.29, 0.717) is 20.6 Å². The van der Waals surface area contributed by atoms with Crippen LogP contribution in [0.15, 0.2) is 0 Å². The fourth-order valence-electron chi connectivity index (χ4n) is 3.30. The maximum Gasteiger partial charge on any atom is 0.0119 e. The summed E-state index contributed by atoms with van der Waals surface area (Å²) in [5.74, 6) is 0. The van der Waals surface area contributed by atoms with Crippen LogP contribution < -0.4 is 10.2 Å². The molecule has 0 fully saturated rings. The van der Waals surface area contributed by atoms with Gasteiger partial charge in [-0.1, -0.05) is 83.1 Å². The van der Waals surface area contributed by atoms with Crippen LogP contribution in [0.1, 0.15) is 83.1 Å². The molecule has 2 nitrogen and oxygen atoms in total. The Labute approximate surface area is 143 Å². The fourth-order valence-corrected chi connectivity index (χ4v) is 9.89. The Kier molecular flexibility index (Phi) is 8.05. The van der Waals surface area contributed by atoms with E-state index in [2.05, 4.69) is 93.3 Å². The van der Waals surface area contributed by atoms with E-state index in [4.69, 9.17) is 0 Å². The van der Waals surface area contributed by atoms with Gasteiger partial charge in [0.25, 0.3) is 0 Å². The largest absolute Gasteiger partial charge is 0.294 e. The van der Waals surface area contributed by atoms with E-state index in [0.717, 1.165) is 13.1 Å². The van der Waals surface area contributed by atoms with Crippen LogP contribution in [-0.4, -0.2) is 33.7 Å². The monoisotopic (exact) mass is 348 g/mol. The maximum atomic E-state index is 3.87. The third-order valence-electron chi connectivity index (χ3n) is 3.35. The van der Waals surface area contributed by atoms with Crippen LogP contribution >= 0.6 is 16.1 Å². The number of nitrogens with one attached hydrogen (secondary N) is 2. The molecule has 0 heterocycles. The van der Waals surface area contributed by atoms with Crippen LogP contribution in [0.5, 0.6) is 0 Å². The van der Waals surface area contributed by atoms with Crippen molar-refractivity contribution in [3.63, 3.8) is 0 Å². The van der Waals surface area contributed by atoms with Crippen molar-refractivity contribution in [2.45, 2.75) is 104 Å². The minimum Gasteiger partial charge on any atom is -0.294 e. The van der Waals surface area contributed by atoms with E-state index >= 15 is 0 Å². The first-order valence-corrected chi connectivity index (χ1v) is 11.2. The molecule has 0 aromatic rings. The van der Waals surface area contributed by atoms with Gasteiger partial charge in [0.15, 0.2) is 0 Å². The first-order chi connectivity index (χ1) is 9.47. The Morgan fingerprint density at radius 2 is 0.636 bits per heavy atom. The van der Waals surface area contributed by atoms with E-state index in [1.165, 1.54) is 0 Å². The molecule has 0 saturated heterocycles. The first kappa shape index (κ1) is 22.8. The van der Waals surface area contributed by atoms with Crippen molar-refractivity contribution in [1.82, 2.24) is 10.2 Å². The van der Waals surface area contributed by atoms with Crippen LogP contribution in [0.2, 0.25) is 0 Å². The lowest BCUT2D eigenvalue weighted by molar-refractivity contribution is 0.664. The number of rotatable bonds is 5. The molecular formula is C18H42N2P2. The van der Waals surface area contributed by atoms with Gasteiger partial charge < -0.3 is 0 Å². The van der Waals surface area contributed by atoms with Gasteiger partial charge in [-0.3, -0.25) is 10.2 Å². The van der Waals surface area contributed by atoms with E-state index < -0.39 is 0 Å². The molecule has 2 N–H and O–H groups in total. The summed E-state index contributed by atoms with van der Waals surface area (Å²) in [4.78, 5) is 0. The minimum atomic E-state index is -0.213. The molecule has 22 heavy (non-hydrogen) atoms. The van der Waals surface area contributed by atoms with E-state index in [1.54, 1.807) is 0 Å². The van der Waals surface area contributed by atoms with E-state index in [1.807, 2.05) is 0 Å². The van der Waals surface area contributed by atoms with Gasteiger partial charge in [-0.25, -0.2) is 0 Å². The summed E-state index contributed by atoms with van der Waals surface area (Å²) in [7, 11) is -0.425. The topological polar surface area (TPSA) is 24.1 Å². The zero-order valence-corrected chi connectivity index (χ0v) is 19.1. The molecule has 4 heteroatoms. The molecule has 134 valence electrons. The van der Waals surface area contributed by atoms with Gasteiger partial charge >= 0.3 is 0 Å². The average Bonchev–Trinajstić information content (AvgIpc) is 2.14. The highest BCUT2D eigenvalue weighted by molar-refractivity contribution is 7.59. The molecule has 0 saturated carbocycles. The molecule has 0 aliphatic carbocycles. The Hall–Kier alpha value is 0.780. The molecule has 0 aliphatic rings. The van der Waals surface area contributed by atoms with Crippen LogP contribution in [0, 0.1) is 0 Å².